The van der Waals surface area contributed by atoms with E-state index in [2.05, 4.69) is 41.3 Å². The van der Waals surface area contributed by atoms with Gasteiger partial charge in [0.2, 0.25) is 0 Å². The van der Waals surface area contributed by atoms with E-state index in [1.807, 2.05) is 36.4 Å². The van der Waals surface area contributed by atoms with E-state index in [1.165, 1.54) is 16.8 Å². The Labute approximate surface area is 159 Å². The Balaban J connectivity index is 1.75. The predicted molar refractivity (Wildman–Crippen MR) is 110 cm³/mol. The highest BCUT2D eigenvalue weighted by molar-refractivity contribution is 6.30. The Hall–Kier alpha value is -2.65. The molecule has 4 rings (SSSR count). The molecule has 4 heteroatoms. The molecule has 1 fully saturated rings. The SMILES string of the molecule is Nc1ccc([C@H]2CC[C@H](c3ccc(N)cc3)N2c2ccc(Cl)cc2)cc1. The van der Waals surface area contributed by atoms with Crippen LogP contribution in [0.5, 0.6) is 0 Å². The summed E-state index contributed by atoms with van der Waals surface area (Å²) >= 11 is 6.11. The van der Waals surface area contributed by atoms with Crippen molar-refractivity contribution in [3.05, 3.63) is 88.9 Å². The number of rotatable bonds is 3. The van der Waals surface area contributed by atoms with Crippen molar-refractivity contribution in [3.8, 4) is 0 Å². The van der Waals surface area contributed by atoms with E-state index in [-0.39, 0.29) is 0 Å². The fraction of sp³-hybridized carbons (Fsp3) is 0.182. The molecule has 1 heterocycles. The molecule has 0 aromatic heterocycles. The average Bonchev–Trinajstić information content (AvgIpc) is 3.08. The molecule has 0 spiro atoms. The van der Waals surface area contributed by atoms with Crippen molar-refractivity contribution in [2.24, 2.45) is 0 Å². The lowest BCUT2D eigenvalue weighted by molar-refractivity contribution is 0.674. The molecule has 0 amide bonds. The molecular weight excluding hydrogens is 342 g/mol. The predicted octanol–water partition coefficient (Wildman–Crippen LogP) is 5.59. The summed E-state index contributed by atoms with van der Waals surface area (Å²) in [6.07, 6.45) is 2.17. The van der Waals surface area contributed by atoms with E-state index in [9.17, 15) is 0 Å². The Morgan fingerprint density at radius 3 is 1.50 bits per heavy atom. The van der Waals surface area contributed by atoms with E-state index in [0.717, 1.165) is 29.2 Å². The number of nitrogen functional groups attached to an aromatic ring is 2. The van der Waals surface area contributed by atoms with Crippen LogP contribution in [0.1, 0.15) is 36.1 Å². The third-order valence-electron chi connectivity index (χ3n) is 5.15. The van der Waals surface area contributed by atoms with Crippen LogP contribution in [-0.2, 0) is 0 Å². The molecule has 26 heavy (non-hydrogen) atoms. The third kappa shape index (κ3) is 3.23. The van der Waals surface area contributed by atoms with Crippen molar-refractivity contribution in [1.82, 2.24) is 0 Å². The zero-order valence-corrected chi connectivity index (χ0v) is 15.2. The Bertz CT molecular complexity index is 819. The van der Waals surface area contributed by atoms with Crippen LogP contribution in [0.15, 0.2) is 72.8 Å². The summed E-state index contributed by atoms with van der Waals surface area (Å²) in [5.41, 5.74) is 17.1. The molecule has 1 aliphatic heterocycles. The molecule has 0 aliphatic carbocycles. The molecule has 3 aromatic carbocycles. The Morgan fingerprint density at radius 1 is 0.654 bits per heavy atom. The van der Waals surface area contributed by atoms with Crippen LogP contribution in [-0.4, -0.2) is 0 Å². The maximum atomic E-state index is 6.11. The molecule has 3 nitrogen and oxygen atoms in total. The summed E-state index contributed by atoms with van der Waals surface area (Å²) in [6, 6.07) is 25.2. The largest absolute Gasteiger partial charge is 0.399 e. The molecule has 3 aromatic rings. The van der Waals surface area contributed by atoms with Crippen molar-refractivity contribution in [1.29, 1.82) is 0 Å². The number of hydrogen-bond acceptors (Lipinski definition) is 3. The summed E-state index contributed by atoms with van der Waals surface area (Å²) in [5.74, 6) is 0. The third-order valence-corrected chi connectivity index (χ3v) is 5.40. The minimum atomic E-state index is 0.305. The second-order valence-electron chi connectivity index (χ2n) is 6.83. The number of benzene rings is 3. The van der Waals surface area contributed by atoms with Crippen LogP contribution in [0.25, 0.3) is 0 Å². The van der Waals surface area contributed by atoms with E-state index < -0.39 is 0 Å². The summed E-state index contributed by atoms with van der Waals surface area (Å²) in [5, 5.41) is 0.751. The van der Waals surface area contributed by atoms with E-state index in [1.54, 1.807) is 0 Å². The first-order chi connectivity index (χ1) is 12.6. The summed E-state index contributed by atoms with van der Waals surface area (Å²) < 4.78 is 0. The zero-order valence-electron chi connectivity index (χ0n) is 14.5. The molecule has 0 bridgehead atoms. The topological polar surface area (TPSA) is 55.3 Å². The van der Waals surface area contributed by atoms with Crippen LogP contribution in [0.4, 0.5) is 17.1 Å². The van der Waals surface area contributed by atoms with Crippen LogP contribution in [0, 0.1) is 0 Å². The van der Waals surface area contributed by atoms with Gasteiger partial charge in [-0.05, 0) is 72.5 Å². The van der Waals surface area contributed by atoms with Crippen molar-refractivity contribution >= 4 is 28.7 Å². The quantitative estimate of drug-likeness (QED) is 0.596. The summed E-state index contributed by atoms with van der Waals surface area (Å²) in [4.78, 5) is 2.49. The highest BCUT2D eigenvalue weighted by Gasteiger charge is 2.35. The van der Waals surface area contributed by atoms with Gasteiger partial charge in [-0.25, -0.2) is 0 Å². The van der Waals surface area contributed by atoms with Crippen molar-refractivity contribution < 1.29 is 0 Å². The number of anilines is 3. The van der Waals surface area contributed by atoms with E-state index in [0.29, 0.717) is 12.1 Å². The van der Waals surface area contributed by atoms with Crippen molar-refractivity contribution in [3.63, 3.8) is 0 Å². The van der Waals surface area contributed by atoms with Gasteiger partial charge in [-0.15, -0.1) is 0 Å². The number of nitrogens with two attached hydrogens (primary N) is 2. The lowest BCUT2D eigenvalue weighted by Crippen LogP contribution is -2.26. The standard InChI is InChI=1S/C22H22ClN3/c23-17-5-11-20(12-6-17)26-21(15-1-7-18(24)8-2-15)13-14-22(26)16-3-9-19(25)10-4-16/h1-12,21-22H,13-14,24-25H2/t21-,22-/m1/s1. The molecule has 1 aliphatic rings. The van der Waals surface area contributed by atoms with Gasteiger partial charge in [0.25, 0.3) is 0 Å². The van der Waals surface area contributed by atoms with E-state index in [4.69, 9.17) is 23.1 Å². The van der Waals surface area contributed by atoms with Crippen LogP contribution < -0.4 is 16.4 Å². The highest BCUT2D eigenvalue weighted by Crippen LogP contribution is 2.47. The zero-order chi connectivity index (χ0) is 18.1. The smallest absolute Gasteiger partial charge is 0.0549 e. The molecule has 4 N–H and O–H groups in total. The fourth-order valence-corrected chi connectivity index (χ4v) is 4.00. The number of nitrogens with zero attached hydrogens (tertiary/aromatic N) is 1. The van der Waals surface area contributed by atoms with Gasteiger partial charge in [0.15, 0.2) is 0 Å². The van der Waals surface area contributed by atoms with E-state index >= 15 is 0 Å². The lowest BCUT2D eigenvalue weighted by atomic mass is 10.0. The maximum Gasteiger partial charge on any atom is 0.0549 e. The monoisotopic (exact) mass is 363 g/mol. The molecule has 2 atom stereocenters. The molecule has 132 valence electrons. The van der Waals surface area contributed by atoms with Gasteiger partial charge in [0, 0.05) is 22.1 Å². The molecule has 0 saturated carbocycles. The maximum absolute atomic E-state index is 6.11. The van der Waals surface area contributed by atoms with Gasteiger partial charge in [-0.3, -0.25) is 0 Å². The molecule has 0 radical (unpaired) electrons. The van der Waals surface area contributed by atoms with Crippen LogP contribution in [0.3, 0.4) is 0 Å². The fourth-order valence-electron chi connectivity index (χ4n) is 3.88. The second kappa shape index (κ2) is 6.93. The first-order valence-corrected chi connectivity index (χ1v) is 9.24. The Morgan fingerprint density at radius 2 is 1.08 bits per heavy atom. The van der Waals surface area contributed by atoms with Crippen molar-refractivity contribution in [2.45, 2.75) is 24.9 Å². The minimum absolute atomic E-state index is 0.305. The molecule has 0 unspecified atom stereocenters. The van der Waals surface area contributed by atoms with Gasteiger partial charge in [0.1, 0.15) is 0 Å². The van der Waals surface area contributed by atoms with Crippen LogP contribution in [0.2, 0.25) is 5.02 Å². The van der Waals surface area contributed by atoms with Crippen molar-refractivity contribution in [2.75, 3.05) is 16.4 Å². The Kier molecular flexibility index (Phi) is 4.48. The van der Waals surface area contributed by atoms with Gasteiger partial charge in [-0.1, -0.05) is 35.9 Å². The molecular formula is C22H22ClN3. The van der Waals surface area contributed by atoms with Gasteiger partial charge in [0.05, 0.1) is 12.1 Å². The average molecular weight is 364 g/mol. The normalized spacial score (nSPS) is 19.7. The number of hydrogen-bond donors (Lipinski definition) is 2. The van der Waals surface area contributed by atoms with Gasteiger partial charge in [-0.2, -0.15) is 0 Å². The summed E-state index contributed by atoms with van der Waals surface area (Å²) in [6.45, 7) is 0. The number of halogens is 1. The first kappa shape index (κ1) is 16.8. The minimum Gasteiger partial charge on any atom is -0.399 e. The van der Waals surface area contributed by atoms with Gasteiger partial charge < -0.3 is 16.4 Å². The van der Waals surface area contributed by atoms with Crippen LogP contribution >= 0.6 is 11.6 Å². The van der Waals surface area contributed by atoms with Gasteiger partial charge >= 0.3 is 0 Å². The molecule has 1 saturated heterocycles. The first-order valence-electron chi connectivity index (χ1n) is 8.86. The lowest BCUT2D eigenvalue weighted by Gasteiger charge is -2.33. The second-order valence-corrected chi connectivity index (χ2v) is 7.26. The summed E-state index contributed by atoms with van der Waals surface area (Å²) in [7, 11) is 0. The highest BCUT2D eigenvalue weighted by atomic mass is 35.5.